The van der Waals surface area contributed by atoms with Crippen LogP contribution >= 0.6 is 0 Å². The highest BCUT2D eigenvalue weighted by Gasteiger charge is 2.12. The van der Waals surface area contributed by atoms with E-state index in [1.165, 1.54) is 11.1 Å². The molecule has 0 fully saturated rings. The number of rotatable bonds is 3. The van der Waals surface area contributed by atoms with Crippen LogP contribution in [0.2, 0.25) is 0 Å². The number of benzene rings is 2. The minimum atomic E-state index is 0.840. The van der Waals surface area contributed by atoms with Crippen LogP contribution in [0.5, 0.6) is 11.5 Å². The van der Waals surface area contributed by atoms with Crippen molar-refractivity contribution in [1.29, 1.82) is 0 Å². The molecule has 3 aromatic rings. The van der Waals surface area contributed by atoms with Crippen LogP contribution in [0.15, 0.2) is 42.5 Å². The largest absolute Gasteiger partial charge is 0.497 e. The zero-order chi connectivity index (χ0) is 15.7. The zero-order valence-corrected chi connectivity index (χ0v) is 13.3. The van der Waals surface area contributed by atoms with E-state index in [1.807, 2.05) is 37.3 Å². The SMILES string of the molecule is COc1ccc(-c2c(C)c(C)nc3ccc(OC)cc23)cc1. The summed E-state index contributed by atoms with van der Waals surface area (Å²) in [4.78, 5) is 4.69. The molecule has 0 unspecified atom stereocenters. The van der Waals surface area contributed by atoms with Gasteiger partial charge in [-0.3, -0.25) is 4.98 Å². The fraction of sp³-hybridized carbons (Fsp3) is 0.211. The lowest BCUT2D eigenvalue weighted by atomic mass is 9.95. The van der Waals surface area contributed by atoms with Crippen molar-refractivity contribution < 1.29 is 9.47 Å². The van der Waals surface area contributed by atoms with Crippen LogP contribution in [0.25, 0.3) is 22.0 Å². The molecule has 0 radical (unpaired) electrons. The second-order valence-electron chi connectivity index (χ2n) is 5.31. The van der Waals surface area contributed by atoms with Crippen LogP contribution in [-0.2, 0) is 0 Å². The van der Waals surface area contributed by atoms with Gasteiger partial charge in [0.1, 0.15) is 11.5 Å². The first-order valence-electron chi connectivity index (χ1n) is 7.23. The summed E-state index contributed by atoms with van der Waals surface area (Å²) in [6.07, 6.45) is 0. The van der Waals surface area contributed by atoms with E-state index in [0.717, 1.165) is 33.7 Å². The molecule has 0 saturated carbocycles. The molecule has 112 valence electrons. The van der Waals surface area contributed by atoms with Gasteiger partial charge in [-0.05, 0) is 60.9 Å². The quantitative estimate of drug-likeness (QED) is 0.710. The highest BCUT2D eigenvalue weighted by Crippen LogP contribution is 2.35. The predicted molar refractivity (Wildman–Crippen MR) is 89.8 cm³/mol. The van der Waals surface area contributed by atoms with Gasteiger partial charge in [-0.2, -0.15) is 0 Å². The fourth-order valence-electron chi connectivity index (χ4n) is 2.72. The van der Waals surface area contributed by atoms with E-state index in [-0.39, 0.29) is 0 Å². The summed E-state index contributed by atoms with van der Waals surface area (Å²) in [6, 6.07) is 14.1. The third kappa shape index (κ3) is 2.39. The summed E-state index contributed by atoms with van der Waals surface area (Å²) >= 11 is 0. The van der Waals surface area contributed by atoms with E-state index in [4.69, 9.17) is 14.5 Å². The van der Waals surface area contributed by atoms with E-state index in [2.05, 4.69) is 19.1 Å². The van der Waals surface area contributed by atoms with Gasteiger partial charge in [0.15, 0.2) is 0 Å². The molecule has 0 atom stereocenters. The summed E-state index contributed by atoms with van der Waals surface area (Å²) < 4.78 is 10.6. The second-order valence-corrected chi connectivity index (χ2v) is 5.31. The van der Waals surface area contributed by atoms with Crippen LogP contribution in [-0.4, -0.2) is 19.2 Å². The number of methoxy groups -OCH3 is 2. The summed E-state index contributed by atoms with van der Waals surface area (Å²) in [5.41, 5.74) is 5.57. The van der Waals surface area contributed by atoms with E-state index in [0.29, 0.717) is 0 Å². The third-order valence-corrected chi connectivity index (χ3v) is 4.06. The number of ether oxygens (including phenoxy) is 2. The summed E-state index contributed by atoms with van der Waals surface area (Å²) in [6.45, 7) is 4.16. The molecule has 0 saturated heterocycles. The normalized spacial score (nSPS) is 10.7. The molecular formula is C19H19NO2. The minimum Gasteiger partial charge on any atom is -0.497 e. The first-order valence-corrected chi connectivity index (χ1v) is 7.23. The van der Waals surface area contributed by atoms with Crippen molar-refractivity contribution in [2.45, 2.75) is 13.8 Å². The molecule has 0 N–H and O–H groups in total. The molecule has 0 aliphatic rings. The van der Waals surface area contributed by atoms with Crippen molar-refractivity contribution in [2.24, 2.45) is 0 Å². The first kappa shape index (κ1) is 14.4. The number of fused-ring (bicyclic) bond motifs is 1. The lowest BCUT2D eigenvalue weighted by molar-refractivity contribution is 0.415. The van der Waals surface area contributed by atoms with Crippen molar-refractivity contribution in [3.8, 4) is 22.6 Å². The maximum absolute atomic E-state index is 5.37. The molecule has 3 nitrogen and oxygen atoms in total. The van der Waals surface area contributed by atoms with Crippen LogP contribution < -0.4 is 9.47 Å². The van der Waals surface area contributed by atoms with E-state index in [9.17, 15) is 0 Å². The Balaban J connectivity index is 2.31. The van der Waals surface area contributed by atoms with Gasteiger partial charge in [-0.15, -0.1) is 0 Å². The molecule has 3 heteroatoms. The summed E-state index contributed by atoms with van der Waals surface area (Å²) in [7, 11) is 3.36. The molecule has 0 amide bonds. The fourth-order valence-corrected chi connectivity index (χ4v) is 2.72. The van der Waals surface area contributed by atoms with Crippen LogP contribution in [0.3, 0.4) is 0 Å². The summed E-state index contributed by atoms with van der Waals surface area (Å²) in [5, 5.41) is 1.10. The lowest BCUT2D eigenvalue weighted by Crippen LogP contribution is -1.95. The van der Waals surface area contributed by atoms with Gasteiger partial charge >= 0.3 is 0 Å². The highest BCUT2D eigenvalue weighted by atomic mass is 16.5. The van der Waals surface area contributed by atoms with Gasteiger partial charge in [0.25, 0.3) is 0 Å². The second kappa shape index (κ2) is 5.68. The van der Waals surface area contributed by atoms with Gasteiger partial charge < -0.3 is 9.47 Å². The maximum Gasteiger partial charge on any atom is 0.119 e. The van der Waals surface area contributed by atoms with Crippen molar-refractivity contribution >= 4 is 10.9 Å². The molecule has 0 aliphatic carbocycles. The Morgan fingerprint density at radius 2 is 1.45 bits per heavy atom. The number of aromatic nitrogens is 1. The minimum absolute atomic E-state index is 0.840. The molecule has 22 heavy (non-hydrogen) atoms. The molecule has 0 spiro atoms. The van der Waals surface area contributed by atoms with Crippen LogP contribution in [0.1, 0.15) is 11.3 Å². The Hall–Kier alpha value is -2.55. The smallest absolute Gasteiger partial charge is 0.119 e. The van der Waals surface area contributed by atoms with E-state index >= 15 is 0 Å². The number of pyridine rings is 1. The Morgan fingerprint density at radius 1 is 0.818 bits per heavy atom. The van der Waals surface area contributed by atoms with Gasteiger partial charge in [-0.25, -0.2) is 0 Å². The monoisotopic (exact) mass is 293 g/mol. The molecule has 0 bridgehead atoms. The Bertz CT molecular complexity index is 823. The van der Waals surface area contributed by atoms with Gasteiger partial charge in [0, 0.05) is 11.1 Å². The van der Waals surface area contributed by atoms with Crippen molar-refractivity contribution in [1.82, 2.24) is 4.98 Å². The van der Waals surface area contributed by atoms with Crippen molar-refractivity contribution in [2.75, 3.05) is 14.2 Å². The van der Waals surface area contributed by atoms with Gasteiger partial charge in [0.05, 0.1) is 19.7 Å². The van der Waals surface area contributed by atoms with Crippen molar-refractivity contribution in [3.05, 3.63) is 53.7 Å². The van der Waals surface area contributed by atoms with Crippen LogP contribution in [0.4, 0.5) is 0 Å². The van der Waals surface area contributed by atoms with E-state index < -0.39 is 0 Å². The number of nitrogens with zero attached hydrogens (tertiary/aromatic N) is 1. The molecular weight excluding hydrogens is 274 g/mol. The summed E-state index contributed by atoms with van der Waals surface area (Å²) in [5.74, 6) is 1.70. The average Bonchev–Trinajstić information content (AvgIpc) is 2.56. The Kier molecular flexibility index (Phi) is 3.72. The lowest BCUT2D eigenvalue weighted by Gasteiger charge is -2.14. The molecule has 1 heterocycles. The molecule has 1 aromatic heterocycles. The zero-order valence-electron chi connectivity index (χ0n) is 13.3. The molecule has 3 rings (SSSR count). The Labute approximate surface area is 130 Å². The number of hydrogen-bond donors (Lipinski definition) is 0. The Morgan fingerprint density at radius 3 is 2.09 bits per heavy atom. The first-order chi connectivity index (χ1) is 10.6. The van der Waals surface area contributed by atoms with Gasteiger partial charge in [0.2, 0.25) is 0 Å². The van der Waals surface area contributed by atoms with Gasteiger partial charge in [-0.1, -0.05) is 12.1 Å². The number of aryl methyl sites for hydroxylation is 1. The number of hydrogen-bond acceptors (Lipinski definition) is 3. The third-order valence-electron chi connectivity index (χ3n) is 4.06. The van der Waals surface area contributed by atoms with Crippen molar-refractivity contribution in [3.63, 3.8) is 0 Å². The van der Waals surface area contributed by atoms with Crippen LogP contribution in [0, 0.1) is 13.8 Å². The average molecular weight is 293 g/mol. The standard InChI is InChI=1S/C19H19NO2/c1-12-13(2)20-18-10-9-16(22-4)11-17(18)19(12)14-5-7-15(21-3)8-6-14/h5-11H,1-4H3. The maximum atomic E-state index is 5.37. The molecule has 0 aliphatic heterocycles. The predicted octanol–water partition coefficient (Wildman–Crippen LogP) is 4.54. The van der Waals surface area contributed by atoms with E-state index in [1.54, 1.807) is 14.2 Å². The highest BCUT2D eigenvalue weighted by molar-refractivity contribution is 5.97. The topological polar surface area (TPSA) is 31.4 Å². The molecule has 2 aromatic carbocycles.